The summed E-state index contributed by atoms with van der Waals surface area (Å²) in [6.45, 7) is 6.28. The van der Waals surface area contributed by atoms with Gasteiger partial charge >= 0.3 is 21.7 Å². The maximum absolute atomic E-state index is 7.57. The number of hydrogen-bond acceptors (Lipinski definition) is 1. The average Bonchev–Trinajstić information content (AvgIpc) is 2.60. The second kappa shape index (κ2) is 15.3. The fourth-order valence-electron chi connectivity index (χ4n) is 1.81. The summed E-state index contributed by atoms with van der Waals surface area (Å²) in [5.74, 6) is 0. The third-order valence-corrected chi connectivity index (χ3v) is 2.43. The van der Waals surface area contributed by atoms with E-state index in [2.05, 4.69) is 38.1 Å². The van der Waals surface area contributed by atoms with Crippen molar-refractivity contribution in [3.8, 4) is 0 Å². The molecule has 0 unspecified atom stereocenters. The van der Waals surface area contributed by atoms with Crippen molar-refractivity contribution in [1.82, 2.24) is 0 Å². The van der Waals surface area contributed by atoms with Crippen LogP contribution >= 0.6 is 24.8 Å². The Kier molecular flexibility index (Phi) is 21.6. The molecule has 4 heteroatoms. The first-order chi connectivity index (χ1) is 7.69. The molecule has 20 heavy (non-hydrogen) atoms. The van der Waals surface area contributed by atoms with Crippen LogP contribution in [0.4, 0.5) is 0 Å². The molecule has 1 aliphatic rings. The maximum atomic E-state index is 7.57. The largest absolute Gasteiger partial charge is 2.00 e. The van der Waals surface area contributed by atoms with Gasteiger partial charge in [-0.25, -0.2) is 0 Å². The van der Waals surface area contributed by atoms with Gasteiger partial charge in [-0.3, -0.25) is 0 Å². The van der Waals surface area contributed by atoms with Gasteiger partial charge in [0.15, 0.2) is 0 Å². The van der Waals surface area contributed by atoms with Crippen LogP contribution in [0.15, 0.2) is 41.5 Å². The normalized spacial score (nSPS) is 11.5. The quantitative estimate of drug-likeness (QED) is 0.564. The number of aliphatic hydroxyl groups excluding tert-OH is 1. The minimum absolute atomic E-state index is 0. The minimum Gasteiger partial charge on any atom is -0.397 e. The third-order valence-electron chi connectivity index (χ3n) is 2.43. The fraction of sp³-hybridized carbons (Fsp3) is 0.312. The zero-order valence-corrected chi connectivity index (χ0v) is 15.8. The molecule has 1 aromatic rings. The molecule has 1 nitrogen and oxygen atoms in total. The molecule has 1 aromatic carbocycles. The van der Waals surface area contributed by atoms with Crippen LogP contribution in [0.5, 0.6) is 0 Å². The summed E-state index contributed by atoms with van der Waals surface area (Å²) in [5, 5.41) is 7.57. The van der Waals surface area contributed by atoms with E-state index in [9.17, 15) is 0 Å². The van der Waals surface area contributed by atoms with E-state index in [1.54, 1.807) is 6.92 Å². The number of hydrogen-bond donors (Lipinski definition) is 1. The van der Waals surface area contributed by atoms with Crippen molar-refractivity contribution in [1.29, 1.82) is 0 Å². The van der Waals surface area contributed by atoms with Crippen LogP contribution in [0.25, 0.3) is 5.57 Å². The van der Waals surface area contributed by atoms with Gasteiger partial charge in [0.2, 0.25) is 0 Å². The summed E-state index contributed by atoms with van der Waals surface area (Å²) in [6.07, 6.45) is 3.35. The summed E-state index contributed by atoms with van der Waals surface area (Å²) >= 11 is 0. The Labute approximate surface area is 151 Å². The minimum atomic E-state index is 0. The molecular formula is C16H24Cl2OTi. The molecule has 0 saturated heterocycles. The van der Waals surface area contributed by atoms with Gasteiger partial charge < -0.3 is 12.5 Å². The van der Waals surface area contributed by atoms with Crippen LogP contribution in [-0.2, 0) is 21.7 Å². The van der Waals surface area contributed by atoms with E-state index in [0.717, 1.165) is 6.42 Å². The molecule has 1 aliphatic carbocycles. The first-order valence-corrected chi connectivity index (χ1v) is 5.64. The topological polar surface area (TPSA) is 20.2 Å². The molecule has 0 amide bonds. The first kappa shape index (κ1) is 28.2. The molecule has 0 bridgehead atoms. The second-order valence-corrected chi connectivity index (χ2v) is 3.92. The van der Waals surface area contributed by atoms with Gasteiger partial charge in [-0.05, 0) is 27.2 Å². The van der Waals surface area contributed by atoms with Crippen LogP contribution in [-0.4, -0.2) is 11.7 Å². The molecule has 0 fully saturated rings. The Bertz CT molecular complexity index is 400. The molecule has 0 spiro atoms. The van der Waals surface area contributed by atoms with Gasteiger partial charge in [-0.1, -0.05) is 17.2 Å². The van der Waals surface area contributed by atoms with Gasteiger partial charge in [-0.2, -0.15) is 0 Å². The Morgan fingerprint density at radius 2 is 1.75 bits per heavy atom. The zero-order valence-electron chi connectivity index (χ0n) is 12.6. The monoisotopic (exact) mass is 350 g/mol. The molecular weight excluding hydrogens is 327 g/mol. The van der Waals surface area contributed by atoms with Crippen molar-refractivity contribution in [2.45, 2.75) is 27.2 Å². The zero-order chi connectivity index (χ0) is 12.0. The smallest absolute Gasteiger partial charge is 0.397 e. The summed E-state index contributed by atoms with van der Waals surface area (Å²) in [6, 6.07) is 11.5. The van der Waals surface area contributed by atoms with Gasteiger partial charge in [0.05, 0.1) is 0 Å². The van der Waals surface area contributed by atoms with Gasteiger partial charge in [-0.15, -0.1) is 66.3 Å². The molecule has 112 valence electrons. The Balaban J connectivity index is -0.000000169. The molecule has 0 atom stereocenters. The summed E-state index contributed by atoms with van der Waals surface area (Å²) in [7, 11) is 0. The standard InChI is InChI=1S/C13H13.C2H6O.CH3.2ClH.Ti/c1-10-8-11(2)13(9-10)12-6-4-3-5-7-12;1-2-3;;;;/h3-6,8H,9H2,1-2H3;3H,2H2,1H3;1H3;2*1H;/q-1;;-1;;;+2. The third kappa shape index (κ3) is 8.99. The number of halogens is 2. The molecule has 1 N–H and O–H groups in total. The fourth-order valence-corrected chi connectivity index (χ4v) is 1.81. The summed E-state index contributed by atoms with van der Waals surface area (Å²) in [5.41, 5.74) is 5.51. The molecule has 0 aliphatic heterocycles. The Hall–Kier alpha value is -0.0457. The van der Waals surface area contributed by atoms with E-state index in [4.69, 9.17) is 5.11 Å². The maximum Gasteiger partial charge on any atom is 2.00 e. The summed E-state index contributed by atoms with van der Waals surface area (Å²) in [4.78, 5) is 0. The average molecular weight is 351 g/mol. The van der Waals surface area contributed by atoms with Crippen LogP contribution in [0, 0.1) is 13.5 Å². The van der Waals surface area contributed by atoms with Gasteiger partial charge in [0, 0.05) is 6.61 Å². The van der Waals surface area contributed by atoms with E-state index in [1.807, 2.05) is 12.1 Å². The summed E-state index contributed by atoms with van der Waals surface area (Å²) < 4.78 is 0. The first-order valence-electron chi connectivity index (χ1n) is 5.64. The van der Waals surface area contributed by atoms with E-state index >= 15 is 0 Å². The van der Waals surface area contributed by atoms with Crippen LogP contribution in [0.2, 0.25) is 0 Å². The number of rotatable bonds is 1. The SMILES string of the molecule is CC1=CC(C)=C(c2[c-]cccc2)C1.CCO.Cl.Cl.[CH3-].[Ti+2]. The second-order valence-electron chi connectivity index (χ2n) is 3.92. The van der Waals surface area contributed by atoms with Crippen molar-refractivity contribution < 1.29 is 26.8 Å². The van der Waals surface area contributed by atoms with E-state index in [-0.39, 0.29) is 60.6 Å². The Morgan fingerprint density at radius 1 is 1.20 bits per heavy atom. The molecule has 0 saturated carbocycles. The van der Waals surface area contributed by atoms with Gasteiger partial charge in [0.25, 0.3) is 0 Å². The molecule has 2 rings (SSSR count). The molecule has 0 radical (unpaired) electrons. The number of allylic oxidation sites excluding steroid dienone is 4. The molecule has 0 heterocycles. The van der Waals surface area contributed by atoms with Crippen molar-refractivity contribution in [2.24, 2.45) is 0 Å². The predicted octanol–water partition coefficient (Wildman–Crippen LogP) is 4.90. The van der Waals surface area contributed by atoms with Crippen molar-refractivity contribution in [3.05, 3.63) is 60.5 Å². The van der Waals surface area contributed by atoms with Crippen LogP contribution in [0.3, 0.4) is 0 Å². The van der Waals surface area contributed by atoms with Crippen LogP contribution < -0.4 is 0 Å². The van der Waals surface area contributed by atoms with Crippen molar-refractivity contribution in [2.75, 3.05) is 6.61 Å². The number of aliphatic hydroxyl groups is 1. The Morgan fingerprint density at radius 3 is 2.10 bits per heavy atom. The van der Waals surface area contributed by atoms with E-state index in [0.29, 0.717) is 0 Å². The van der Waals surface area contributed by atoms with Crippen LogP contribution in [0.1, 0.15) is 32.8 Å². The van der Waals surface area contributed by atoms with Crippen molar-refractivity contribution >= 4 is 30.4 Å². The predicted molar refractivity (Wildman–Crippen MR) is 89.9 cm³/mol. The van der Waals surface area contributed by atoms with E-state index < -0.39 is 0 Å². The van der Waals surface area contributed by atoms with Crippen molar-refractivity contribution in [3.63, 3.8) is 0 Å². The number of benzene rings is 1. The van der Waals surface area contributed by atoms with E-state index in [1.165, 1.54) is 22.3 Å². The van der Waals surface area contributed by atoms with Gasteiger partial charge in [0.1, 0.15) is 0 Å². The molecule has 0 aromatic heterocycles.